The van der Waals surface area contributed by atoms with Crippen molar-refractivity contribution in [3.05, 3.63) is 29.3 Å². The van der Waals surface area contributed by atoms with E-state index >= 15 is 0 Å². The molecule has 3 atom stereocenters. The molecule has 0 saturated carbocycles. The first-order valence-corrected chi connectivity index (χ1v) is 7.68. The van der Waals surface area contributed by atoms with Crippen molar-refractivity contribution in [3.8, 4) is 5.75 Å². The number of nitrogens with one attached hydrogen (secondary N) is 1. The van der Waals surface area contributed by atoms with Crippen molar-refractivity contribution in [3.63, 3.8) is 0 Å². The Morgan fingerprint density at radius 3 is 2.52 bits per heavy atom. The molecule has 0 spiro atoms. The van der Waals surface area contributed by atoms with Crippen molar-refractivity contribution in [1.82, 2.24) is 5.32 Å². The van der Waals surface area contributed by atoms with Crippen LogP contribution < -0.4 is 15.8 Å². The number of nitrogens with two attached hydrogens (primary N) is 1. The molecule has 1 aromatic carbocycles. The molecule has 4 heteroatoms. The molecule has 21 heavy (non-hydrogen) atoms. The highest BCUT2D eigenvalue weighted by molar-refractivity contribution is 5.81. The van der Waals surface area contributed by atoms with Gasteiger partial charge in [0.25, 0.3) is 5.91 Å². The lowest BCUT2D eigenvalue weighted by Gasteiger charge is -2.20. The van der Waals surface area contributed by atoms with E-state index in [9.17, 15) is 4.79 Å². The van der Waals surface area contributed by atoms with Gasteiger partial charge in [-0.05, 0) is 51.3 Å². The smallest absolute Gasteiger partial charge is 0.260 e. The van der Waals surface area contributed by atoms with Gasteiger partial charge in [-0.3, -0.25) is 4.79 Å². The minimum absolute atomic E-state index is 0.00614. The maximum absolute atomic E-state index is 12.1. The number of rotatable bonds is 7. The van der Waals surface area contributed by atoms with E-state index in [4.69, 9.17) is 10.5 Å². The molecule has 1 aromatic rings. The second-order valence-corrected chi connectivity index (χ2v) is 5.77. The first kappa shape index (κ1) is 17.5. The zero-order valence-electron chi connectivity index (χ0n) is 13.8. The summed E-state index contributed by atoms with van der Waals surface area (Å²) in [5.74, 6) is 0.650. The summed E-state index contributed by atoms with van der Waals surface area (Å²) in [4.78, 5) is 12.1. The van der Waals surface area contributed by atoms with Gasteiger partial charge in [0.1, 0.15) is 5.75 Å². The van der Waals surface area contributed by atoms with Gasteiger partial charge in [-0.15, -0.1) is 0 Å². The van der Waals surface area contributed by atoms with E-state index in [1.807, 2.05) is 39.0 Å². The highest BCUT2D eigenvalue weighted by atomic mass is 16.5. The van der Waals surface area contributed by atoms with Gasteiger partial charge in [0, 0.05) is 12.1 Å². The van der Waals surface area contributed by atoms with Gasteiger partial charge in [0.05, 0.1) is 0 Å². The third-order valence-corrected chi connectivity index (χ3v) is 3.51. The minimum atomic E-state index is -0.510. The summed E-state index contributed by atoms with van der Waals surface area (Å²) in [5.41, 5.74) is 7.92. The van der Waals surface area contributed by atoms with E-state index in [1.54, 1.807) is 6.92 Å². The molecule has 4 nitrogen and oxygen atoms in total. The van der Waals surface area contributed by atoms with Crippen LogP contribution in [0.5, 0.6) is 5.75 Å². The lowest BCUT2D eigenvalue weighted by molar-refractivity contribution is -0.127. The Labute approximate surface area is 128 Å². The number of carbonyl (C=O) groups is 1. The van der Waals surface area contributed by atoms with Gasteiger partial charge in [-0.25, -0.2) is 0 Å². The highest BCUT2D eigenvalue weighted by Gasteiger charge is 2.17. The Hall–Kier alpha value is -1.55. The van der Waals surface area contributed by atoms with E-state index < -0.39 is 6.10 Å². The zero-order chi connectivity index (χ0) is 16.0. The van der Waals surface area contributed by atoms with E-state index in [0.29, 0.717) is 0 Å². The third kappa shape index (κ3) is 5.38. The molecule has 0 saturated heterocycles. The molecule has 1 rings (SSSR count). The first-order valence-electron chi connectivity index (χ1n) is 7.68. The molecule has 0 aliphatic rings. The van der Waals surface area contributed by atoms with E-state index in [1.165, 1.54) is 0 Å². The van der Waals surface area contributed by atoms with Gasteiger partial charge in [0.15, 0.2) is 6.10 Å². The molecule has 0 aliphatic heterocycles. The number of carbonyl (C=O) groups excluding carboxylic acids is 1. The van der Waals surface area contributed by atoms with Gasteiger partial charge < -0.3 is 15.8 Å². The summed E-state index contributed by atoms with van der Waals surface area (Å²) >= 11 is 0. The average molecular weight is 292 g/mol. The molecule has 3 N–H and O–H groups in total. The topological polar surface area (TPSA) is 64.3 Å². The molecule has 0 fully saturated rings. The zero-order valence-corrected chi connectivity index (χ0v) is 13.8. The lowest BCUT2D eigenvalue weighted by atomic mass is 10.1. The third-order valence-electron chi connectivity index (χ3n) is 3.51. The fourth-order valence-corrected chi connectivity index (χ4v) is 2.20. The lowest BCUT2D eigenvalue weighted by Crippen LogP contribution is -2.41. The van der Waals surface area contributed by atoms with Crippen LogP contribution in [0, 0.1) is 6.92 Å². The number of benzene rings is 1. The van der Waals surface area contributed by atoms with Gasteiger partial charge in [-0.1, -0.05) is 25.5 Å². The molecule has 0 bridgehead atoms. The standard InChI is InChI=1S/C17H28N2O2/c1-6-7-12(3)19-17(20)14(5)21-16-9-8-15(13(4)18)10-11(16)2/h8-10,12-14H,6-7,18H2,1-5H3,(H,19,20)/t12?,13-,14?/m1/s1. The Morgan fingerprint density at radius 1 is 1.33 bits per heavy atom. The van der Waals surface area contributed by atoms with Gasteiger partial charge >= 0.3 is 0 Å². The second-order valence-electron chi connectivity index (χ2n) is 5.77. The molecule has 0 aliphatic carbocycles. The van der Waals surface area contributed by atoms with Crippen LogP contribution in [0.15, 0.2) is 18.2 Å². The van der Waals surface area contributed by atoms with Crippen LogP contribution in [-0.4, -0.2) is 18.1 Å². The summed E-state index contributed by atoms with van der Waals surface area (Å²) in [6.07, 6.45) is 1.51. The fourth-order valence-electron chi connectivity index (χ4n) is 2.20. The van der Waals surface area contributed by atoms with Crippen LogP contribution in [0.2, 0.25) is 0 Å². The van der Waals surface area contributed by atoms with Crippen molar-refractivity contribution >= 4 is 5.91 Å². The van der Waals surface area contributed by atoms with Gasteiger partial charge in [-0.2, -0.15) is 0 Å². The summed E-state index contributed by atoms with van der Waals surface area (Å²) in [7, 11) is 0. The van der Waals surface area contributed by atoms with Gasteiger partial charge in [0.2, 0.25) is 0 Å². The van der Waals surface area contributed by atoms with Crippen LogP contribution in [0.4, 0.5) is 0 Å². The fraction of sp³-hybridized carbons (Fsp3) is 0.588. The number of hydrogen-bond acceptors (Lipinski definition) is 3. The second kappa shape index (κ2) is 8.03. The summed E-state index contributed by atoms with van der Waals surface area (Å²) in [6.45, 7) is 9.79. The van der Waals surface area contributed by atoms with Crippen molar-refractivity contribution < 1.29 is 9.53 Å². The molecule has 0 aromatic heterocycles. The Bertz CT molecular complexity index is 472. The molecule has 1 amide bonds. The normalized spacial score (nSPS) is 15.1. The maximum atomic E-state index is 12.1. The molecular weight excluding hydrogens is 264 g/mol. The largest absolute Gasteiger partial charge is 0.481 e. The van der Waals surface area contributed by atoms with E-state index in [0.717, 1.165) is 29.7 Å². The Balaban J connectivity index is 2.66. The predicted molar refractivity (Wildman–Crippen MR) is 86.4 cm³/mol. The van der Waals surface area contributed by atoms with Crippen LogP contribution in [-0.2, 0) is 4.79 Å². The molecule has 0 radical (unpaired) electrons. The van der Waals surface area contributed by atoms with Crippen molar-refractivity contribution in [2.24, 2.45) is 5.73 Å². The van der Waals surface area contributed by atoms with Crippen LogP contribution in [0.25, 0.3) is 0 Å². The van der Waals surface area contributed by atoms with Crippen LogP contribution >= 0.6 is 0 Å². The van der Waals surface area contributed by atoms with Crippen LogP contribution in [0.3, 0.4) is 0 Å². The molecular formula is C17H28N2O2. The van der Waals surface area contributed by atoms with E-state index in [-0.39, 0.29) is 18.0 Å². The molecule has 2 unspecified atom stereocenters. The number of hydrogen-bond donors (Lipinski definition) is 2. The first-order chi connectivity index (χ1) is 9.85. The average Bonchev–Trinajstić information content (AvgIpc) is 2.40. The quantitative estimate of drug-likeness (QED) is 0.811. The monoisotopic (exact) mass is 292 g/mol. The van der Waals surface area contributed by atoms with Crippen LogP contribution in [0.1, 0.15) is 57.7 Å². The van der Waals surface area contributed by atoms with Crippen molar-refractivity contribution in [1.29, 1.82) is 0 Å². The van der Waals surface area contributed by atoms with E-state index in [2.05, 4.69) is 12.2 Å². The summed E-state index contributed by atoms with van der Waals surface area (Å²) in [5, 5.41) is 2.97. The SMILES string of the molecule is CCCC(C)NC(=O)C(C)Oc1ccc([C@@H](C)N)cc1C. The highest BCUT2D eigenvalue weighted by Crippen LogP contribution is 2.22. The minimum Gasteiger partial charge on any atom is -0.481 e. The number of ether oxygens (including phenoxy) is 1. The maximum Gasteiger partial charge on any atom is 0.260 e. The Morgan fingerprint density at radius 2 is 2.00 bits per heavy atom. The Kier molecular flexibility index (Phi) is 6.69. The number of aryl methyl sites for hydroxylation is 1. The van der Waals surface area contributed by atoms with Crippen molar-refractivity contribution in [2.45, 2.75) is 65.6 Å². The summed E-state index contributed by atoms with van der Waals surface area (Å²) < 4.78 is 5.77. The summed E-state index contributed by atoms with van der Waals surface area (Å²) in [6, 6.07) is 6.00. The van der Waals surface area contributed by atoms with Crippen molar-refractivity contribution in [2.75, 3.05) is 0 Å². The molecule has 0 heterocycles. The number of amides is 1. The molecule has 118 valence electrons. The predicted octanol–water partition coefficient (Wildman–Crippen LogP) is 3.09.